The molecule has 1 fully saturated rings. The summed E-state index contributed by atoms with van der Waals surface area (Å²) in [6.45, 7) is 3.92. The SMILES string of the molecule is CC(C)Oc1cccc(C2(O)CCC(C(=O)O)CC2)c1. The second-order valence-corrected chi connectivity index (χ2v) is 5.84. The summed E-state index contributed by atoms with van der Waals surface area (Å²) in [5.74, 6) is -0.347. The number of hydrogen-bond acceptors (Lipinski definition) is 3. The molecular formula is C16H22O4. The van der Waals surface area contributed by atoms with Gasteiger partial charge in [0.25, 0.3) is 0 Å². The summed E-state index contributed by atoms with van der Waals surface area (Å²) in [6.07, 6.45) is 2.08. The summed E-state index contributed by atoms with van der Waals surface area (Å²) >= 11 is 0. The van der Waals surface area contributed by atoms with Gasteiger partial charge in [0.15, 0.2) is 0 Å². The van der Waals surface area contributed by atoms with Crippen LogP contribution >= 0.6 is 0 Å². The number of carboxylic acids is 1. The molecule has 4 heteroatoms. The first-order chi connectivity index (χ1) is 9.40. The number of rotatable bonds is 4. The smallest absolute Gasteiger partial charge is 0.306 e. The molecule has 1 aromatic rings. The molecule has 1 saturated carbocycles. The van der Waals surface area contributed by atoms with Crippen molar-refractivity contribution in [2.24, 2.45) is 5.92 Å². The van der Waals surface area contributed by atoms with Gasteiger partial charge in [-0.3, -0.25) is 4.79 Å². The molecule has 0 atom stereocenters. The number of aliphatic hydroxyl groups is 1. The lowest BCUT2D eigenvalue weighted by atomic mass is 9.75. The van der Waals surface area contributed by atoms with Crippen LogP contribution in [-0.4, -0.2) is 22.3 Å². The Kier molecular flexibility index (Phi) is 4.33. The van der Waals surface area contributed by atoms with Crippen molar-refractivity contribution >= 4 is 5.97 Å². The molecule has 110 valence electrons. The van der Waals surface area contributed by atoms with Crippen LogP contribution in [0.5, 0.6) is 5.75 Å². The minimum Gasteiger partial charge on any atom is -0.491 e. The molecule has 2 rings (SSSR count). The van der Waals surface area contributed by atoms with Crippen molar-refractivity contribution in [1.82, 2.24) is 0 Å². The lowest BCUT2D eigenvalue weighted by Gasteiger charge is -2.35. The average molecular weight is 278 g/mol. The van der Waals surface area contributed by atoms with E-state index in [0.29, 0.717) is 25.7 Å². The van der Waals surface area contributed by atoms with E-state index in [1.807, 2.05) is 38.1 Å². The third-order valence-electron chi connectivity index (χ3n) is 3.91. The molecule has 0 saturated heterocycles. The Bertz CT molecular complexity index is 473. The maximum Gasteiger partial charge on any atom is 0.306 e. The van der Waals surface area contributed by atoms with Crippen LogP contribution in [0.2, 0.25) is 0 Å². The highest BCUT2D eigenvalue weighted by molar-refractivity contribution is 5.70. The van der Waals surface area contributed by atoms with Gasteiger partial charge in [-0.1, -0.05) is 12.1 Å². The quantitative estimate of drug-likeness (QED) is 0.888. The number of ether oxygens (including phenoxy) is 1. The Morgan fingerprint density at radius 3 is 2.55 bits per heavy atom. The van der Waals surface area contributed by atoms with Gasteiger partial charge in [0, 0.05) is 0 Å². The van der Waals surface area contributed by atoms with Crippen LogP contribution in [0.1, 0.15) is 45.1 Å². The Morgan fingerprint density at radius 1 is 1.35 bits per heavy atom. The molecule has 1 aliphatic rings. The molecule has 0 radical (unpaired) electrons. The molecule has 20 heavy (non-hydrogen) atoms. The minimum atomic E-state index is -0.928. The number of carboxylic acid groups (broad SMARTS) is 1. The second kappa shape index (κ2) is 5.83. The van der Waals surface area contributed by atoms with Crippen LogP contribution in [0.25, 0.3) is 0 Å². The fourth-order valence-electron chi connectivity index (χ4n) is 2.76. The third kappa shape index (κ3) is 3.31. The van der Waals surface area contributed by atoms with Crippen molar-refractivity contribution in [1.29, 1.82) is 0 Å². The molecule has 4 nitrogen and oxygen atoms in total. The molecule has 0 aromatic heterocycles. The summed E-state index contributed by atoms with van der Waals surface area (Å²) in [7, 11) is 0. The summed E-state index contributed by atoms with van der Waals surface area (Å²) < 4.78 is 5.64. The van der Waals surface area contributed by atoms with E-state index in [0.717, 1.165) is 11.3 Å². The van der Waals surface area contributed by atoms with Crippen LogP contribution in [0, 0.1) is 5.92 Å². The molecule has 0 bridgehead atoms. The van der Waals surface area contributed by atoms with E-state index in [2.05, 4.69) is 0 Å². The standard InChI is InChI=1S/C16H22O4/c1-11(2)20-14-5-3-4-13(10-14)16(19)8-6-12(7-9-16)15(17)18/h3-5,10-12,19H,6-9H2,1-2H3,(H,17,18). The van der Waals surface area contributed by atoms with Crippen molar-refractivity contribution in [2.75, 3.05) is 0 Å². The van der Waals surface area contributed by atoms with Crippen LogP contribution in [-0.2, 0) is 10.4 Å². The lowest BCUT2D eigenvalue weighted by Crippen LogP contribution is -2.33. The average Bonchev–Trinajstić information content (AvgIpc) is 2.39. The Balaban J connectivity index is 2.13. The number of hydrogen-bond donors (Lipinski definition) is 2. The largest absolute Gasteiger partial charge is 0.491 e. The van der Waals surface area contributed by atoms with E-state index in [1.165, 1.54) is 0 Å². The van der Waals surface area contributed by atoms with E-state index in [9.17, 15) is 9.90 Å². The molecule has 1 aliphatic carbocycles. The fourth-order valence-corrected chi connectivity index (χ4v) is 2.76. The second-order valence-electron chi connectivity index (χ2n) is 5.84. The zero-order valence-electron chi connectivity index (χ0n) is 12.0. The number of benzene rings is 1. The zero-order chi connectivity index (χ0) is 14.8. The van der Waals surface area contributed by atoms with E-state index in [-0.39, 0.29) is 12.0 Å². The molecular weight excluding hydrogens is 256 g/mol. The normalized spacial score (nSPS) is 26.5. The number of aliphatic carboxylic acids is 1. The molecule has 2 N–H and O–H groups in total. The minimum absolute atomic E-state index is 0.0858. The molecule has 0 unspecified atom stereocenters. The monoisotopic (exact) mass is 278 g/mol. The summed E-state index contributed by atoms with van der Waals surface area (Å²) in [5, 5.41) is 19.8. The van der Waals surface area contributed by atoms with Crippen molar-refractivity contribution in [3.05, 3.63) is 29.8 Å². The topological polar surface area (TPSA) is 66.8 Å². The Hall–Kier alpha value is -1.55. The Morgan fingerprint density at radius 2 is 2.00 bits per heavy atom. The van der Waals surface area contributed by atoms with Crippen LogP contribution < -0.4 is 4.74 Å². The van der Waals surface area contributed by atoms with Crippen molar-refractivity contribution < 1.29 is 19.7 Å². The fraction of sp³-hybridized carbons (Fsp3) is 0.562. The highest BCUT2D eigenvalue weighted by Crippen LogP contribution is 2.40. The predicted molar refractivity (Wildman–Crippen MR) is 75.7 cm³/mol. The molecule has 0 heterocycles. The highest BCUT2D eigenvalue weighted by atomic mass is 16.5. The van der Waals surface area contributed by atoms with Gasteiger partial charge in [-0.2, -0.15) is 0 Å². The molecule has 1 aromatic carbocycles. The van der Waals surface area contributed by atoms with Gasteiger partial charge in [0.2, 0.25) is 0 Å². The Labute approximate surface area is 119 Å². The molecule has 0 spiro atoms. The van der Waals surface area contributed by atoms with Crippen molar-refractivity contribution in [2.45, 2.75) is 51.2 Å². The van der Waals surface area contributed by atoms with Crippen molar-refractivity contribution in [3.63, 3.8) is 0 Å². The maximum absolute atomic E-state index is 11.0. The molecule has 0 amide bonds. The summed E-state index contributed by atoms with van der Waals surface area (Å²) in [4.78, 5) is 11.0. The van der Waals surface area contributed by atoms with Gasteiger partial charge in [-0.05, 0) is 57.2 Å². The van der Waals surface area contributed by atoms with Gasteiger partial charge >= 0.3 is 5.97 Å². The first-order valence-corrected chi connectivity index (χ1v) is 7.13. The number of carbonyl (C=O) groups is 1. The lowest BCUT2D eigenvalue weighted by molar-refractivity contribution is -0.145. The predicted octanol–water partition coefficient (Wildman–Crippen LogP) is 2.94. The van der Waals surface area contributed by atoms with Gasteiger partial charge in [0.1, 0.15) is 5.75 Å². The summed E-state index contributed by atoms with van der Waals surface area (Å²) in [6, 6.07) is 7.49. The van der Waals surface area contributed by atoms with Gasteiger partial charge in [0.05, 0.1) is 17.6 Å². The molecule has 0 aliphatic heterocycles. The zero-order valence-corrected chi connectivity index (χ0v) is 12.0. The first-order valence-electron chi connectivity index (χ1n) is 7.13. The van der Waals surface area contributed by atoms with Gasteiger partial charge in [-0.25, -0.2) is 0 Å². The third-order valence-corrected chi connectivity index (χ3v) is 3.91. The van der Waals surface area contributed by atoms with E-state index >= 15 is 0 Å². The van der Waals surface area contributed by atoms with Gasteiger partial charge < -0.3 is 14.9 Å². The first kappa shape index (κ1) is 14.9. The van der Waals surface area contributed by atoms with E-state index < -0.39 is 11.6 Å². The van der Waals surface area contributed by atoms with E-state index in [1.54, 1.807) is 0 Å². The maximum atomic E-state index is 11.0. The van der Waals surface area contributed by atoms with Crippen molar-refractivity contribution in [3.8, 4) is 5.75 Å². The van der Waals surface area contributed by atoms with E-state index in [4.69, 9.17) is 9.84 Å². The van der Waals surface area contributed by atoms with Gasteiger partial charge in [-0.15, -0.1) is 0 Å². The highest BCUT2D eigenvalue weighted by Gasteiger charge is 2.37. The van der Waals surface area contributed by atoms with Crippen LogP contribution in [0.3, 0.4) is 0 Å². The summed E-state index contributed by atoms with van der Waals surface area (Å²) in [5.41, 5.74) is -0.109. The van der Waals surface area contributed by atoms with Crippen LogP contribution in [0.4, 0.5) is 0 Å². The van der Waals surface area contributed by atoms with Crippen LogP contribution in [0.15, 0.2) is 24.3 Å².